The molecular weight excluding hydrogens is 308 g/mol. The van der Waals surface area contributed by atoms with Gasteiger partial charge in [-0.05, 0) is 30.7 Å². The van der Waals surface area contributed by atoms with Crippen LogP contribution in [-0.2, 0) is 7.05 Å². The number of hydrogen-bond acceptors (Lipinski definition) is 3. The molecular formula is C18H22N2O2S. The van der Waals surface area contributed by atoms with Gasteiger partial charge in [0.15, 0.2) is 0 Å². The molecule has 0 spiro atoms. The fourth-order valence-corrected chi connectivity index (χ4v) is 3.04. The Labute approximate surface area is 140 Å². The zero-order valence-corrected chi connectivity index (χ0v) is 14.7. The third-order valence-corrected chi connectivity index (χ3v) is 4.46. The van der Waals surface area contributed by atoms with Gasteiger partial charge in [-0.3, -0.25) is 9.59 Å². The van der Waals surface area contributed by atoms with Crippen LogP contribution in [0.5, 0.6) is 0 Å². The van der Waals surface area contributed by atoms with Crippen molar-refractivity contribution < 1.29 is 4.79 Å². The summed E-state index contributed by atoms with van der Waals surface area (Å²) in [5.74, 6) is -0.186. The van der Waals surface area contributed by atoms with Gasteiger partial charge in [0, 0.05) is 29.5 Å². The fraction of sp³-hybridized carbons (Fsp3) is 0.333. The number of hydrogen-bond donors (Lipinski definition) is 1. The molecule has 0 bridgehead atoms. The van der Waals surface area contributed by atoms with Crippen LogP contribution >= 0.6 is 11.8 Å². The van der Waals surface area contributed by atoms with E-state index in [1.165, 1.54) is 15.5 Å². The molecule has 1 amide bonds. The first-order valence-corrected chi connectivity index (χ1v) is 8.49. The third kappa shape index (κ3) is 4.73. The summed E-state index contributed by atoms with van der Waals surface area (Å²) in [4.78, 5) is 24.9. The smallest absolute Gasteiger partial charge is 0.253 e. The standard InChI is InChI=1S/C18H22N2O2S/c1-12(2)23-16-8-5-14(6-9-16)13(3)19-18(22)15-7-10-17(21)20(4)11-15/h5-13H,1-4H3,(H,19,22)/t13-/m0/s1. The van der Waals surface area contributed by atoms with Crippen LogP contribution in [0.25, 0.3) is 0 Å². The molecule has 122 valence electrons. The number of aromatic nitrogens is 1. The number of carbonyl (C=O) groups is 1. The molecule has 4 nitrogen and oxygen atoms in total. The van der Waals surface area contributed by atoms with Gasteiger partial charge in [-0.2, -0.15) is 0 Å². The van der Waals surface area contributed by atoms with Crippen molar-refractivity contribution in [3.63, 3.8) is 0 Å². The van der Waals surface area contributed by atoms with E-state index in [2.05, 4.69) is 31.3 Å². The van der Waals surface area contributed by atoms with Crippen LogP contribution in [0.1, 0.15) is 42.7 Å². The Morgan fingerprint density at radius 1 is 1.09 bits per heavy atom. The normalized spacial score (nSPS) is 12.2. The average Bonchev–Trinajstić information content (AvgIpc) is 2.50. The van der Waals surface area contributed by atoms with Crippen LogP contribution in [0, 0.1) is 0 Å². The second-order valence-corrected chi connectivity index (χ2v) is 7.45. The minimum absolute atomic E-state index is 0.0992. The number of carbonyl (C=O) groups excluding carboxylic acids is 1. The van der Waals surface area contributed by atoms with Gasteiger partial charge in [0.05, 0.1) is 11.6 Å². The number of benzene rings is 1. The molecule has 2 rings (SSSR count). The zero-order valence-electron chi connectivity index (χ0n) is 13.9. The first-order valence-electron chi connectivity index (χ1n) is 7.61. The van der Waals surface area contributed by atoms with Crippen LogP contribution in [0.2, 0.25) is 0 Å². The van der Waals surface area contributed by atoms with Crippen LogP contribution in [0.3, 0.4) is 0 Å². The predicted octanol–water partition coefficient (Wildman–Crippen LogP) is 3.38. The van der Waals surface area contributed by atoms with E-state index < -0.39 is 0 Å². The van der Waals surface area contributed by atoms with Crippen molar-refractivity contribution in [1.82, 2.24) is 9.88 Å². The lowest BCUT2D eigenvalue weighted by atomic mass is 10.1. The van der Waals surface area contributed by atoms with Crippen molar-refractivity contribution >= 4 is 17.7 Å². The van der Waals surface area contributed by atoms with Crippen molar-refractivity contribution in [2.75, 3.05) is 0 Å². The summed E-state index contributed by atoms with van der Waals surface area (Å²) in [6, 6.07) is 11.1. The Morgan fingerprint density at radius 3 is 2.30 bits per heavy atom. The maximum atomic E-state index is 12.3. The molecule has 1 heterocycles. The Balaban J connectivity index is 2.05. The molecule has 1 N–H and O–H groups in total. The molecule has 2 aromatic rings. The molecule has 0 aliphatic heterocycles. The van der Waals surface area contributed by atoms with Gasteiger partial charge in [-0.15, -0.1) is 11.8 Å². The van der Waals surface area contributed by atoms with E-state index in [1.54, 1.807) is 19.3 Å². The van der Waals surface area contributed by atoms with Crippen LogP contribution in [0.4, 0.5) is 0 Å². The highest BCUT2D eigenvalue weighted by atomic mass is 32.2. The fourth-order valence-electron chi connectivity index (χ4n) is 2.20. The minimum atomic E-state index is -0.186. The number of nitrogens with one attached hydrogen (secondary N) is 1. The maximum Gasteiger partial charge on any atom is 0.253 e. The van der Waals surface area contributed by atoms with Crippen molar-refractivity contribution in [3.05, 3.63) is 64.1 Å². The van der Waals surface area contributed by atoms with Gasteiger partial charge in [0.1, 0.15) is 0 Å². The summed E-state index contributed by atoms with van der Waals surface area (Å²) in [6.45, 7) is 6.27. The van der Waals surface area contributed by atoms with E-state index in [9.17, 15) is 9.59 Å². The summed E-state index contributed by atoms with van der Waals surface area (Å²) < 4.78 is 1.40. The van der Waals surface area contributed by atoms with Gasteiger partial charge < -0.3 is 9.88 Å². The van der Waals surface area contributed by atoms with Crippen molar-refractivity contribution in [1.29, 1.82) is 0 Å². The molecule has 0 saturated carbocycles. The van der Waals surface area contributed by atoms with Gasteiger partial charge >= 0.3 is 0 Å². The highest BCUT2D eigenvalue weighted by Gasteiger charge is 2.12. The van der Waals surface area contributed by atoms with E-state index in [-0.39, 0.29) is 17.5 Å². The van der Waals surface area contributed by atoms with E-state index in [4.69, 9.17) is 0 Å². The van der Waals surface area contributed by atoms with Crippen LogP contribution in [0.15, 0.2) is 52.3 Å². The number of pyridine rings is 1. The number of aryl methyl sites for hydroxylation is 1. The Morgan fingerprint density at radius 2 is 1.74 bits per heavy atom. The summed E-state index contributed by atoms with van der Waals surface area (Å²) in [7, 11) is 1.63. The Kier molecular flexibility index (Phi) is 5.66. The molecule has 1 aromatic carbocycles. The Bertz CT molecular complexity index is 735. The number of amides is 1. The SMILES string of the molecule is CC(C)Sc1ccc([C@H](C)NC(=O)c2ccc(=O)n(C)c2)cc1. The van der Waals surface area contributed by atoms with E-state index in [0.717, 1.165) is 5.56 Å². The highest BCUT2D eigenvalue weighted by Crippen LogP contribution is 2.24. The summed E-state index contributed by atoms with van der Waals surface area (Å²) in [5.41, 5.74) is 1.40. The molecule has 0 unspecified atom stereocenters. The first kappa shape index (κ1) is 17.3. The first-order chi connectivity index (χ1) is 10.9. The van der Waals surface area contributed by atoms with Crippen LogP contribution in [-0.4, -0.2) is 15.7 Å². The average molecular weight is 330 g/mol. The molecule has 0 aliphatic rings. The van der Waals surface area contributed by atoms with Crippen molar-refractivity contribution in [2.24, 2.45) is 7.05 Å². The highest BCUT2D eigenvalue weighted by molar-refractivity contribution is 7.99. The Hall–Kier alpha value is -2.01. The number of rotatable bonds is 5. The lowest BCUT2D eigenvalue weighted by Gasteiger charge is -2.15. The molecule has 0 fully saturated rings. The second kappa shape index (κ2) is 7.51. The molecule has 0 radical (unpaired) electrons. The van der Waals surface area contributed by atoms with Gasteiger partial charge in [0.25, 0.3) is 5.91 Å². The summed E-state index contributed by atoms with van der Waals surface area (Å²) in [5, 5.41) is 3.50. The van der Waals surface area contributed by atoms with Crippen molar-refractivity contribution in [2.45, 2.75) is 37.0 Å². The minimum Gasteiger partial charge on any atom is -0.345 e. The second-order valence-electron chi connectivity index (χ2n) is 5.80. The van der Waals surface area contributed by atoms with E-state index in [0.29, 0.717) is 10.8 Å². The molecule has 1 atom stereocenters. The molecule has 0 saturated heterocycles. The lowest BCUT2D eigenvalue weighted by Crippen LogP contribution is -2.28. The summed E-state index contributed by atoms with van der Waals surface area (Å²) >= 11 is 1.81. The van der Waals surface area contributed by atoms with Gasteiger partial charge in [0.2, 0.25) is 5.56 Å². The van der Waals surface area contributed by atoms with Crippen LogP contribution < -0.4 is 10.9 Å². The number of thioether (sulfide) groups is 1. The summed E-state index contributed by atoms with van der Waals surface area (Å²) in [6.07, 6.45) is 1.55. The maximum absolute atomic E-state index is 12.3. The third-order valence-electron chi connectivity index (χ3n) is 3.45. The lowest BCUT2D eigenvalue weighted by molar-refractivity contribution is 0.0939. The molecule has 1 aromatic heterocycles. The van der Waals surface area contributed by atoms with Crippen molar-refractivity contribution in [3.8, 4) is 0 Å². The molecule has 23 heavy (non-hydrogen) atoms. The monoisotopic (exact) mass is 330 g/mol. The molecule has 5 heteroatoms. The number of nitrogens with zero attached hydrogens (tertiary/aromatic N) is 1. The topological polar surface area (TPSA) is 51.1 Å². The van der Waals surface area contributed by atoms with Gasteiger partial charge in [-0.25, -0.2) is 0 Å². The largest absolute Gasteiger partial charge is 0.345 e. The van der Waals surface area contributed by atoms with E-state index >= 15 is 0 Å². The predicted molar refractivity (Wildman–Crippen MR) is 95.0 cm³/mol. The quantitative estimate of drug-likeness (QED) is 0.855. The van der Waals surface area contributed by atoms with Gasteiger partial charge in [-0.1, -0.05) is 26.0 Å². The molecule has 0 aliphatic carbocycles. The van der Waals surface area contributed by atoms with E-state index in [1.807, 2.05) is 30.8 Å². The zero-order chi connectivity index (χ0) is 17.0.